The number of likely N-dealkylation sites (tertiary alicyclic amines) is 1. The van der Waals surface area contributed by atoms with Gasteiger partial charge < -0.3 is 25.3 Å². The molecule has 3 aromatic rings. The van der Waals surface area contributed by atoms with Crippen molar-refractivity contribution in [2.75, 3.05) is 11.9 Å². The summed E-state index contributed by atoms with van der Waals surface area (Å²) >= 11 is 0. The molecule has 156 valence electrons. The number of aromatic nitrogens is 3. The number of carbonyl (C=O) groups is 3. The Morgan fingerprint density at radius 3 is 2.67 bits per heavy atom. The van der Waals surface area contributed by atoms with E-state index in [1.165, 1.54) is 17.9 Å². The zero-order valence-corrected chi connectivity index (χ0v) is 16.2. The highest BCUT2D eigenvalue weighted by molar-refractivity contribution is 5.99. The van der Waals surface area contributed by atoms with Crippen LogP contribution in [-0.4, -0.2) is 55.3 Å². The Morgan fingerprint density at radius 1 is 1.27 bits per heavy atom. The van der Waals surface area contributed by atoms with Crippen LogP contribution in [0.1, 0.15) is 30.1 Å². The average Bonchev–Trinajstić information content (AvgIpc) is 3.42. The van der Waals surface area contributed by atoms with E-state index >= 15 is 0 Å². The van der Waals surface area contributed by atoms with Gasteiger partial charge in [-0.3, -0.25) is 14.4 Å². The van der Waals surface area contributed by atoms with Gasteiger partial charge in [-0.05, 0) is 37.1 Å². The molecule has 2 aromatic heterocycles. The van der Waals surface area contributed by atoms with Crippen LogP contribution < -0.4 is 10.9 Å². The van der Waals surface area contributed by atoms with Crippen LogP contribution in [0.3, 0.4) is 0 Å². The summed E-state index contributed by atoms with van der Waals surface area (Å²) in [5.74, 6) is -1.74. The minimum atomic E-state index is -1.32. The van der Waals surface area contributed by atoms with Crippen molar-refractivity contribution in [2.45, 2.75) is 25.8 Å². The molecule has 0 saturated carbocycles. The highest BCUT2D eigenvalue weighted by atomic mass is 16.4. The number of rotatable bonds is 3. The normalized spacial score (nSPS) is 15.4. The highest BCUT2D eigenvalue weighted by Crippen LogP contribution is 2.21. The number of H-pyrrole nitrogens is 2. The molecule has 0 spiro atoms. The number of carboxylic acid groups (broad SMARTS) is 1. The Hall–Kier alpha value is -3.95. The maximum atomic E-state index is 12.4. The Kier molecular flexibility index (Phi) is 6.26. The predicted molar refractivity (Wildman–Crippen MR) is 109 cm³/mol. The number of hydrogen-bond donors (Lipinski definition) is 4. The number of imidazole rings is 1. The number of carboxylic acids is 1. The molecule has 1 fully saturated rings. The first-order valence-electron chi connectivity index (χ1n) is 9.28. The van der Waals surface area contributed by atoms with E-state index in [1.54, 1.807) is 36.9 Å². The van der Waals surface area contributed by atoms with E-state index in [-0.39, 0.29) is 17.4 Å². The topological polar surface area (TPSA) is 148 Å². The molecule has 30 heavy (non-hydrogen) atoms. The predicted octanol–water partition coefficient (Wildman–Crippen LogP) is 1.59. The zero-order valence-electron chi connectivity index (χ0n) is 16.2. The van der Waals surface area contributed by atoms with Crippen molar-refractivity contribution in [2.24, 2.45) is 0 Å². The molecule has 0 radical (unpaired) electrons. The molecule has 1 saturated heterocycles. The lowest BCUT2D eigenvalue weighted by molar-refractivity contribution is -0.134. The van der Waals surface area contributed by atoms with E-state index in [0.29, 0.717) is 29.6 Å². The smallest absolute Gasteiger partial charge is 0.341 e. The van der Waals surface area contributed by atoms with Crippen molar-refractivity contribution in [3.63, 3.8) is 0 Å². The molecule has 2 amide bonds. The fourth-order valence-corrected chi connectivity index (χ4v) is 3.30. The number of benzene rings is 1. The molecule has 1 unspecified atom stereocenters. The largest absolute Gasteiger partial charge is 0.477 e. The number of pyridine rings is 1. The van der Waals surface area contributed by atoms with Crippen molar-refractivity contribution in [1.29, 1.82) is 0 Å². The molecule has 0 aliphatic carbocycles. The van der Waals surface area contributed by atoms with Crippen LogP contribution in [-0.2, 0) is 9.59 Å². The van der Waals surface area contributed by atoms with E-state index < -0.39 is 17.6 Å². The van der Waals surface area contributed by atoms with Gasteiger partial charge in [-0.25, -0.2) is 9.78 Å². The Bertz CT molecular complexity index is 1110. The van der Waals surface area contributed by atoms with Gasteiger partial charge in [0.15, 0.2) is 0 Å². The van der Waals surface area contributed by atoms with Crippen molar-refractivity contribution < 1.29 is 19.5 Å². The second kappa shape index (κ2) is 9.03. The quantitative estimate of drug-likeness (QED) is 0.514. The van der Waals surface area contributed by atoms with Gasteiger partial charge in [0.05, 0.1) is 6.33 Å². The molecule has 1 aliphatic heterocycles. The molecular formula is C20H21N5O5. The number of nitrogens with one attached hydrogen (secondary N) is 3. The Balaban J connectivity index is 0.000000448. The standard InChI is InChI=1S/C17H17N3O5.C3H4N2/c1-9(21)20-6-2-3-14(20)16(23)18-11-4-5-13-10(7-11)8-12(17(24)25)15(22)19-13;1-2-5-3-4-1/h4-5,7-8,14H,2-3,6H2,1H3,(H,18,23)(H,19,22)(H,24,25);1-3H,(H,4,5). The maximum absolute atomic E-state index is 12.4. The van der Waals surface area contributed by atoms with Gasteiger partial charge in [0.2, 0.25) is 11.8 Å². The van der Waals surface area contributed by atoms with E-state index in [9.17, 15) is 19.2 Å². The van der Waals surface area contributed by atoms with Gasteiger partial charge in [-0.1, -0.05) is 0 Å². The van der Waals surface area contributed by atoms with Crippen LogP contribution in [0.4, 0.5) is 5.69 Å². The van der Waals surface area contributed by atoms with E-state index in [0.717, 1.165) is 6.42 Å². The summed E-state index contributed by atoms with van der Waals surface area (Å²) in [6.45, 7) is 2.00. The number of nitrogens with zero attached hydrogens (tertiary/aromatic N) is 2. The summed E-state index contributed by atoms with van der Waals surface area (Å²) in [7, 11) is 0. The molecule has 10 heteroatoms. The fraction of sp³-hybridized carbons (Fsp3) is 0.250. The van der Waals surface area contributed by atoms with E-state index in [1.807, 2.05) is 0 Å². The van der Waals surface area contributed by atoms with Gasteiger partial charge >= 0.3 is 5.97 Å². The van der Waals surface area contributed by atoms with Crippen LogP contribution in [0.2, 0.25) is 0 Å². The lowest BCUT2D eigenvalue weighted by Gasteiger charge is -2.22. The molecule has 1 aromatic carbocycles. The third-order valence-electron chi connectivity index (χ3n) is 4.71. The summed E-state index contributed by atoms with van der Waals surface area (Å²) < 4.78 is 0. The number of fused-ring (bicyclic) bond motifs is 1. The first-order chi connectivity index (χ1) is 14.4. The summed E-state index contributed by atoms with van der Waals surface area (Å²) in [4.78, 5) is 57.2. The molecular weight excluding hydrogens is 390 g/mol. The fourth-order valence-electron chi connectivity index (χ4n) is 3.30. The van der Waals surface area contributed by atoms with Crippen LogP contribution >= 0.6 is 0 Å². The molecule has 4 N–H and O–H groups in total. The van der Waals surface area contributed by atoms with Crippen molar-refractivity contribution in [3.8, 4) is 0 Å². The molecule has 4 rings (SSSR count). The number of carbonyl (C=O) groups excluding carboxylic acids is 2. The van der Waals surface area contributed by atoms with Crippen molar-refractivity contribution in [1.82, 2.24) is 19.9 Å². The second-order valence-electron chi connectivity index (χ2n) is 6.74. The van der Waals surface area contributed by atoms with Crippen LogP contribution in [0.15, 0.2) is 47.8 Å². The third-order valence-corrected chi connectivity index (χ3v) is 4.71. The van der Waals surface area contributed by atoms with E-state index in [4.69, 9.17) is 5.11 Å². The highest BCUT2D eigenvalue weighted by Gasteiger charge is 2.32. The number of aromatic carboxylic acids is 1. The van der Waals surface area contributed by atoms with Crippen molar-refractivity contribution in [3.05, 3.63) is 58.9 Å². The minimum absolute atomic E-state index is 0.139. The van der Waals surface area contributed by atoms with E-state index in [2.05, 4.69) is 20.3 Å². The Morgan fingerprint density at radius 2 is 2.07 bits per heavy atom. The minimum Gasteiger partial charge on any atom is -0.477 e. The maximum Gasteiger partial charge on any atom is 0.341 e. The van der Waals surface area contributed by atoms with Gasteiger partial charge in [0, 0.05) is 42.5 Å². The zero-order chi connectivity index (χ0) is 21.7. The molecule has 0 bridgehead atoms. The van der Waals surface area contributed by atoms with Gasteiger partial charge in [-0.2, -0.15) is 0 Å². The number of aromatic amines is 2. The lowest BCUT2D eigenvalue weighted by atomic mass is 10.1. The SMILES string of the molecule is CC(=O)N1CCCC1C(=O)Nc1ccc2[nH]c(=O)c(C(=O)O)cc2c1.c1c[nH]cn1. The van der Waals surface area contributed by atoms with Crippen molar-refractivity contribution >= 4 is 34.4 Å². The molecule has 10 nitrogen and oxygen atoms in total. The Labute approximate surface area is 170 Å². The lowest BCUT2D eigenvalue weighted by Crippen LogP contribution is -2.42. The van der Waals surface area contributed by atoms with Gasteiger partial charge in [0.25, 0.3) is 5.56 Å². The first-order valence-corrected chi connectivity index (χ1v) is 9.28. The molecule has 1 atom stereocenters. The summed E-state index contributed by atoms with van der Waals surface area (Å²) in [5.41, 5.74) is -0.107. The first kappa shape index (κ1) is 20.8. The summed E-state index contributed by atoms with van der Waals surface area (Å²) in [5, 5.41) is 12.3. The monoisotopic (exact) mass is 411 g/mol. The van der Waals surface area contributed by atoms with Crippen LogP contribution in [0.5, 0.6) is 0 Å². The number of anilines is 1. The molecule has 1 aliphatic rings. The number of hydrogen-bond acceptors (Lipinski definition) is 5. The molecule has 3 heterocycles. The summed E-state index contributed by atoms with van der Waals surface area (Å²) in [6, 6.07) is 5.56. The third kappa shape index (κ3) is 4.72. The van der Waals surface area contributed by atoms with Gasteiger partial charge in [-0.15, -0.1) is 0 Å². The van der Waals surface area contributed by atoms with Crippen LogP contribution in [0, 0.1) is 0 Å². The summed E-state index contributed by atoms with van der Waals surface area (Å²) in [6.07, 6.45) is 6.47. The number of amides is 2. The van der Waals surface area contributed by atoms with Gasteiger partial charge in [0.1, 0.15) is 11.6 Å². The average molecular weight is 411 g/mol. The van der Waals surface area contributed by atoms with Crippen LogP contribution in [0.25, 0.3) is 10.9 Å². The second-order valence-corrected chi connectivity index (χ2v) is 6.74.